The first-order chi connectivity index (χ1) is 10.5. The van der Waals surface area contributed by atoms with Crippen molar-refractivity contribution in [2.45, 2.75) is 19.9 Å². The largest absolute Gasteiger partial charge is 0.332 e. The van der Waals surface area contributed by atoms with Crippen molar-refractivity contribution in [1.82, 2.24) is 24.3 Å². The van der Waals surface area contributed by atoms with Crippen LogP contribution in [0.2, 0.25) is 0 Å². The third kappa shape index (κ3) is 2.11. The zero-order valence-corrected chi connectivity index (χ0v) is 12.5. The van der Waals surface area contributed by atoms with Gasteiger partial charge < -0.3 is 0 Å². The average Bonchev–Trinajstić information content (AvgIpc) is 2.53. The predicted molar refractivity (Wildman–Crippen MR) is 82.7 cm³/mol. The summed E-state index contributed by atoms with van der Waals surface area (Å²) in [6.07, 6.45) is 0. The minimum atomic E-state index is -0.444. The van der Waals surface area contributed by atoms with Crippen LogP contribution >= 0.6 is 0 Å². The fraction of sp³-hybridized carbons (Fsp3) is 0.267. The lowest BCUT2D eigenvalue weighted by molar-refractivity contribution is 0.529. The number of hydrogen-bond donors (Lipinski definition) is 0. The molecule has 0 atom stereocenters. The molecule has 22 heavy (non-hydrogen) atoms. The highest BCUT2D eigenvalue weighted by Crippen LogP contribution is 2.14. The summed E-state index contributed by atoms with van der Waals surface area (Å²) in [5.74, 6) is 0.360. The summed E-state index contributed by atoms with van der Waals surface area (Å²) in [5, 5.41) is 8.04. The van der Waals surface area contributed by atoms with E-state index in [0.717, 1.165) is 5.56 Å². The van der Waals surface area contributed by atoms with Crippen molar-refractivity contribution in [3.8, 4) is 11.4 Å². The maximum Gasteiger partial charge on any atom is 0.332 e. The van der Waals surface area contributed by atoms with Crippen LogP contribution in [0.3, 0.4) is 0 Å². The third-order valence-electron chi connectivity index (χ3n) is 3.45. The number of benzene rings is 1. The summed E-state index contributed by atoms with van der Waals surface area (Å²) in [6, 6.07) is 9.02. The van der Waals surface area contributed by atoms with Crippen molar-refractivity contribution in [2.75, 3.05) is 0 Å². The summed E-state index contributed by atoms with van der Waals surface area (Å²) in [6.45, 7) is 3.56. The molecule has 2 heterocycles. The summed E-state index contributed by atoms with van der Waals surface area (Å²) in [7, 11) is 1.56. The summed E-state index contributed by atoms with van der Waals surface area (Å²) in [5.41, 5.74) is 0.230. The quantitative estimate of drug-likeness (QED) is 0.708. The highest BCUT2D eigenvalue weighted by molar-refractivity contribution is 5.71. The molecule has 0 saturated carbocycles. The minimum absolute atomic E-state index is 0.143. The number of hydrogen-bond acceptors (Lipinski definition) is 5. The van der Waals surface area contributed by atoms with Gasteiger partial charge in [-0.3, -0.25) is 13.9 Å². The molecule has 3 aromatic rings. The Morgan fingerprint density at radius 1 is 1.05 bits per heavy atom. The lowest BCUT2D eigenvalue weighted by Gasteiger charge is -2.12. The van der Waals surface area contributed by atoms with Gasteiger partial charge in [-0.2, -0.15) is 0 Å². The van der Waals surface area contributed by atoms with Crippen molar-refractivity contribution in [1.29, 1.82) is 0 Å². The van der Waals surface area contributed by atoms with Gasteiger partial charge >= 0.3 is 5.69 Å². The highest BCUT2D eigenvalue weighted by atomic mass is 16.2. The molecule has 0 spiro atoms. The zero-order valence-electron chi connectivity index (χ0n) is 12.5. The van der Waals surface area contributed by atoms with E-state index in [2.05, 4.69) is 15.2 Å². The Morgan fingerprint density at radius 3 is 2.36 bits per heavy atom. The first kappa shape index (κ1) is 14.1. The first-order valence-electron chi connectivity index (χ1n) is 6.92. The number of aryl methyl sites for hydroxylation is 1. The second-order valence-corrected chi connectivity index (χ2v) is 5.28. The van der Waals surface area contributed by atoms with E-state index in [4.69, 9.17) is 0 Å². The Morgan fingerprint density at radius 2 is 1.73 bits per heavy atom. The van der Waals surface area contributed by atoms with E-state index in [-0.39, 0.29) is 17.2 Å². The van der Waals surface area contributed by atoms with E-state index in [1.165, 1.54) is 9.13 Å². The first-order valence-corrected chi connectivity index (χ1v) is 6.92. The van der Waals surface area contributed by atoms with E-state index >= 15 is 0 Å². The molecule has 0 aliphatic rings. The molecule has 7 heteroatoms. The van der Waals surface area contributed by atoms with Crippen molar-refractivity contribution in [2.24, 2.45) is 7.05 Å². The van der Waals surface area contributed by atoms with Gasteiger partial charge in [0, 0.05) is 18.7 Å². The Labute approximate surface area is 125 Å². The topological polar surface area (TPSA) is 82.7 Å². The lowest BCUT2D eigenvalue weighted by atomic mass is 10.2. The number of rotatable bonds is 2. The Bertz CT molecular complexity index is 957. The lowest BCUT2D eigenvalue weighted by Crippen LogP contribution is -2.41. The molecule has 0 unspecified atom stereocenters. The molecule has 0 saturated heterocycles. The van der Waals surface area contributed by atoms with Crippen LogP contribution < -0.4 is 11.2 Å². The predicted octanol–water partition coefficient (Wildman–Crippen LogP) is 1.13. The van der Waals surface area contributed by atoms with Crippen LogP contribution in [-0.2, 0) is 7.05 Å². The van der Waals surface area contributed by atoms with Crippen molar-refractivity contribution in [3.05, 3.63) is 51.2 Å². The van der Waals surface area contributed by atoms with Gasteiger partial charge in [0.05, 0.1) is 0 Å². The monoisotopic (exact) mass is 297 g/mol. The van der Waals surface area contributed by atoms with Crippen LogP contribution in [0, 0.1) is 0 Å². The molecular formula is C15H15N5O2. The highest BCUT2D eigenvalue weighted by Gasteiger charge is 2.16. The van der Waals surface area contributed by atoms with Crippen LogP contribution in [0.15, 0.2) is 39.9 Å². The van der Waals surface area contributed by atoms with Gasteiger partial charge in [-0.1, -0.05) is 30.3 Å². The van der Waals surface area contributed by atoms with Gasteiger partial charge in [0.15, 0.2) is 17.0 Å². The smallest absolute Gasteiger partial charge is 0.278 e. The van der Waals surface area contributed by atoms with Crippen LogP contribution in [0.25, 0.3) is 22.6 Å². The number of nitrogens with zero attached hydrogens (tertiary/aromatic N) is 5. The molecule has 0 radical (unpaired) electrons. The Hall–Kier alpha value is -2.83. The molecule has 0 N–H and O–H groups in total. The molecule has 0 fully saturated rings. The van der Waals surface area contributed by atoms with Gasteiger partial charge in [-0.25, -0.2) is 9.78 Å². The van der Waals surface area contributed by atoms with E-state index in [9.17, 15) is 9.59 Å². The van der Waals surface area contributed by atoms with Crippen molar-refractivity contribution >= 4 is 11.2 Å². The van der Waals surface area contributed by atoms with Crippen molar-refractivity contribution < 1.29 is 0 Å². The van der Waals surface area contributed by atoms with E-state index in [0.29, 0.717) is 5.82 Å². The Balaban J connectivity index is 2.38. The van der Waals surface area contributed by atoms with E-state index < -0.39 is 11.2 Å². The third-order valence-corrected chi connectivity index (χ3v) is 3.45. The second kappa shape index (κ2) is 5.18. The minimum Gasteiger partial charge on any atom is -0.278 e. The SMILES string of the molecule is CC(C)n1c(=O)c2nc(-c3ccccc3)nnc2n(C)c1=O. The van der Waals surface area contributed by atoms with Gasteiger partial charge in [-0.15, -0.1) is 10.2 Å². The van der Waals surface area contributed by atoms with Crippen molar-refractivity contribution in [3.63, 3.8) is 0 Å². The molecule has 3 rings (SSSR count). The molecule has 0 amide bonds. The molecule has 112 valence electrons. The van der Waals surface area contributed by atoms with Gasteiger partial charge in [0.1, 0.15) is 0 Å². The summed E-state index contributed by atoms with van der Waals surface area (Å²) < 4.78 is 2.47. The Kier molecular flexibility index (Phi) is 3.32. The molecule has 0 bridgehead atoms. The molecule has 1 aromatic carbocycles. The van der Waals surface area contributed by atoms with Crippen LogP contribution in [0.4, 0.5) is 0 Å². The zero-order chi connectivity index (χ0) is 15.9. The second-order valence-electron chi connectivity index (χ2n) is 5.28. The van der Waals surface area contributed by atoms with Crippen LogP contribution in [0.5, 0.6) is 0 Å². The van der Waals surface area contributed by atoms with Crippen LogP contribution in [0.1, 0.15) is 19.9 Å². The van der Waals surface area contributed by atoms with E-state index in [1.807, 2.05) is 30.3 Å². The van der Waals surface area contributed by atoms with E-state index in [1.54, 1.807) is 20.9 Å². The van der Waals surface area contributed by atoms with Gasteiger partial charge in [-0.05, 0) is 13.8 Å². The molecule has 0 aliphatic heterocycles. The van der Waals surface area contributed by atoms with Crippen LogP contribution in [-0.4, -0.2) is 24.3 Å². The fourth-order valence-corrected chi connectivity index (χ4v) is 2.31. The number of aromatic nitrogens is 5. The molecule has 7 nitrogen and oxygen atoms in total. The maximum atomic E-state index is 12.5. The molecule has 0 aliphatic carbocycles. The summed E-state index contributed by atoms with van der Waals surface area (Å²) in [4.78, 5) is 29.1. The van der Waals surface area contributed by atoms with Gasteiger partial charge in [0.25, 0.3) is 5.56 Å². The number of fused-ring (bicyclic) bond motifs is 1. The fourth-order valence-electron chi connectivity index (χ4n) is 2.31. The van der Waals surface area contributed by atoms with Gasteiger partial charge in [0.2, 0.25) is 0 Å². The summed E-state index contributed by atoms with van der Waals surface area (Å²) >= 11 is 0. The normalized spacial score (nSPS) is 11.3. The molecular weight excluding hydrogens is 282 g/mol. The maximum absolute atomic E-state index is 12.5. The average molecular weight is 297 g/mol. The standard InChI is InChI=1S/C15H15N5O2/c1-9(2)20-14(21)11-13(19(3)15(20)22)18-17-12(16-11)10-7-5-4-6-8-10/h4-9H,1-3H3. The molecule has 2 aromatic heterocycles.